The van der Waals surface area contributed by atoms with Crippen LogP contribution in [0.15, 0.2) is 12.3 Å². The van der Waals surface area contributed by atoms with Crippen LogP contribution in [-0.4, -0.2) is 30.5 Å². The third-order valence-electron chi connectivity index (χ3n) is 1.19. The van der Waals surface area contributed by atoms with Crippen molar-refractivity contribution in [3.8, 4) is 0 Å². The highest BCUT2D eigenvalue weighted by Gasteiger charge is 2.04. The van der Waals surface area contributed by atoms with Crippen LogP contribution in [0.25, 0.3) is 0 Å². The summed E-state index contributed by atoms with van der Waals surface area (Å²) in [5.41, 5.74) is 0. The smallest absolute Gasteiger partial charge is 0.114 e. The molecule has 12 heavy (non-hydrogen) atoms. The lowest BCUT2D eigenvalue weighted by molar-refractivity contribution is -0.0240. The second-order valence-corrected chi connectivity index (χ2v) is 3.01. The van der Waals surface area contributed by atoms with Crippen LogP contribution < -0.4 is 0 Å². The zero-order valence-corrected chi connectivity index (χ0v) is 8.04. The zero-order chi connectivity index (χ0) is 9.56. The molecule has 72 valence electrons. The molecule has 0 radical (unpaired) electrons. The van der Waals surface area contributed by atoms with Gasteiger partial charge in [0.1, 0.15) is 6.61 Å². The summed E-state index contributed by atoms with van der Waals surface area (Å²) in [5.74, 6) is 0.683. The molecule has 0 amide bonds. The van der Waals surface area contributed by atoms with Gasteiger partial charge in [-0.05, 0) is 20.8 Å². The van der Waals surface area contributed by atoms with Crippen LogP contribution in [-0.2, 0) is 9.47 Å². The number of hydrogen-bond acceptors (Lipinski definition) is 3. The normalized spacial score (nSPS) is 15.3. The molecule has 0 rings (SSSR count). The second kappa shape index (κ2) is 6.03. The number of aliphatic hydroxyl groups excluding tert-OH is 1. The zero-order valence-electron chi connectivity index (χ0n) is 8.04. The average molecular weight is 174 g/mol. The van der Waals surface area contributed by atoms with Gasteiger partial charge in [-0.15, -0.1) is 0 Å². The molecule has 1 N–H and O–H groups in total. The molecule has 0 bridgehead atoms. The van der Waals surface area contributed by atoms with Gasteiger partial charge in [0, 0.05) is 0 Å². The lowest BCUT2D eigenvalue weighted by atomic mass is 10.4. The number of aliphatic hydroxyl groups is 1. The molecule has 0 aromatic heterocycles. The number of ether oxygens (including phenoxy) is 2. The fraction of sp³-hybridized carbons (Fsp3) is 0.778. The molecule has 0 heterocycles. The Labute approximate surface area is 74.0 Å². The molecule has 0 aromatic carbocycles. The molecular formula is C9H18O3. The lowest BCUT2D eigenvalue weighted by Gasteiger charge is -2.14. The monoisotopic (exact) mass is 174 g/mol. The number of allylic oxidation sites excluding steroid dienone is 1. The molecule has 2 atom stereocenters. The Kier molecular flexibility index (Phi) is 5.76. The topological polar surface area (TPSA) is 38.7 Å². The highest BCUT2D eigenvalue weighted by atomic mass is 16.5. The third-order valence-corrected chi connectivity index (χ3v) is 1.19. The molecule has 3 heteroatoms. The summed E-state index contributed by atoms with van der Waals surface area (Å²) in [7, 11) is 0. The van der Waals surface area contributed by atoms with Crippen molar-refractivity contribution in [1.29, 1.82) is 0 Å². The van der Waals surface area contributed by atoms with E-state index in [0.717, 1.165) is 0 Å². The molecule has 2 unspecified atom stereocenters. The van der Waals surface area contributed by atoms with Crippen LogP contribution in [0.1, 0.15) is 20.8 Å². The van der Waals surface area contributed by atoms with Crippen LogP contribution in [0.4, 0.5) is 0 Å². The summed E-state index contributed by atoms with van der Waals surface area (Å²) in [6.45, 7) is 9.81. The first-order chi connectivity index (χ1) is 5.52. The Bertz CT molecular complexity index is 132. The lowest BCUT2D eigenvalue weighted by Crippen LogP contribution is -2.21. The average Bonchev–Trinajstić information content (AvgIpc) is 1.96. The second-order valence-electron chi connectivity index (χ2n) is 3.01. The van der Waals surface area contributed by atoms with E-state index < -0.39 is 6.10 Å². The maximum atomic E-state index is 8.90. The Balaban J connectivity index is 3.33. The van der Waals surface area contributed by atoms with Crippen LogP contribution in [0, 0.1) is 0 Å². The summed E-state index contributed by atoms with van der Waals surface area (Å²) in [4.78, 5) is 0. The first-order valence-electron chi connectivity index (χ1n) is 4.10. The van der Waals surface area contributed by atoms with E-state index in [0.29, 0.717) is 19.0 Å². The minimum atomic E-state index is -0.419. The molecule has 0 saturated heterocycles. The van der Waals surface area contributed by atoms with Crippen molar-refractivity contribution < 1.29 is 14.6 Å². The summed E-state index contributed by atoms with van der Waals surface area (Å²) < 4.78 is 10.4. The van der Waals surface area contributed by atoms with Gasteiger partial charge >= 0.3 is 0 Å². The summed E-state index contributed by atoms with van der Waals surface area (Å²) in [5, 5.41) is 8.90. The molecule has 0 fully saturated rings. The van der Waals surface area contributed by atoms with E-state index in [2.05, 4.69) is 6.58 Å². The largest absolute Gasteiger partial charge is 0.496 e. The minimum Gasteiger partial charge on any atom is -0.496 e. The van der Waals surface area contributed by atoms with Crippen molar-refractivity contribution in [1.82, 2.24) is 0 Å². The van der Waals surface area contributed by atoms with Gasteiger partial charge < -0.3 is 14.6 Å². The van der Waals surface area contributed by atoms with Gasteiger partial charge in [0.2, 0.25) is 0 Å². The maximum absolute atomic E-state index is 8.90. The molecule has 0 saturated carbocycles. The van der Waals surface area contributed by atoms with E-state index in [4.69, 9.17) is 14.6 Å². The van der Waals surface area contributed by atoms with E-state index in [-0.39, 0.29) is 6.10 Å². The Hall–Kier alpha value is -0.540. The van der Waals surface area contributed by atoms with Crippen molar-refractivity contribution in [2.24, 2.45) is 0 Å². The van der Waals surface area contributed by atoms with Crippen LogP contribution in [0.5, 0.6) is 0 Å². The predicted molar refractivity (Wildman–Crippen MR) is 47.9 cm³/mol. The highest BCUT2D eigenvalue weighted by Crippen LogP contribution is 1.97. The Morgan fingerprint density at radius 2 is 2.00 bits per heavy atom. The van der Waals surface area contributed by atoms with Crippen LogP contribution >= 0.6 is 0 Å². The van der Waals surface area contributed by atoms with Gasteiger partial charge in [-0.1, -0.05) is 6.58 Å². The SMILES string of the molecule is C=C(C)OCC(C)OCC(C)O. The highest BCUT2D eigenvalue weighted by molar-refractivity contribution is 4.74. The van der Waals surface area contributed by atoms with Gasteiger partial charge in [0.15, 0.2) is 0 Å². The van der Waals surface area contributed by atoms with Crippen molar-refractivity contribution in [2.75, 3.05) is 13.2 Å². The van der Waals surface area contributed by atoms with Gasteiger partial charge in [0.25, 0.3) is 0 Å². The van der Waals surface area contributed by atoms with Gasteiger partial charge in [-0.25, -0.2) is 0 Å². The van der Waals surface area contributed by atoms with E-state index in [9.17, 15) is 0 Å². The molecule has 0 aliphatic rings. The number of hydrogen-bond donors (Lipinski definition) is 1. The van der Waals surface area contributed by atoms with Crippen molar-refractivity contribution in [2.45, 2.75) is 33.0 Å². The third kappa shape index (κ3) is 7.57. The fourth-order valence-electron chi connectivity index (χ4n) is 0.611. The summed E-state index contributed by atoms with van der Waals surface area (Å²) >= 11 is 0. The number of rotatable bonds is 6. The molecule has 0 aliphatic heterocycles. The van der Waals surface area contributed by atoms with Gasteiger partial charge in [-0.2, -0.15) is 0 Å². The van der Waals surface area contributed by atoms with Crippen molar-refractivity contribution in [3.63, 3.8) is 0 Å². The molecule has 0 aliphatic carbocycles. The maximum Gasteiger partial charge on any atom is 0.114 e. The van der Waals surface area contributed by atoms with Crippen LogP contribution in [0.3, 0.4) is 0 Å². The molecular weight excluding hydrogens is 156 g/mol. The van der Waals surface area contributed by atoms with Crippen LogP contribution in [0.2, 0.25) is 0 Å². The summed E-state index contributed by atoms with van der Waals surface area (Å²) in [6.07, 6.45) is -0.423. The Morgan fingerprint density at radius 1 is 1.42 bits per heavy atom. The van der Waals surface area contributed by atoms with E-state index in [1.54, 1.807) is 13.8 Å². The molecule has 0 aromatic rings. The summed E-state index contributed by atoms with van der Waals surface area (Å²) in [6, 6.07) is 0. The predicted octanol–water partition coefficient (Wildman–Crippen LogP) is 1.32. The minimum absolute atomic E-state index is 0.00343. The quantitative estimate of drug-likeness (QED) is 0.617. The van der Waals surface area contributed by atoms with E-state index >= 15 is 0 Å². The molecule has 3 nitrogen and oxygen atoms in total. The van der Waals surface area contributed by atoms with E-state index in [1.165, 1.54) is 0 Å². The van der Waals surface area contributed by atoms with Gasteiger partial charge in [0.05, 0.1) is 24.6 Å². The van der Waals surface area contributed by atoms with Crippen molar-refractivity contribution >= 4 is 0 Å². The standard InChI is InChI=1S/C9H18O3/c1-7(2)11-6-9(4)12-5-8(3)10/h8-10H,1,5-6H2,2-4H3. The van der Waals surface area contributed by atoms with E-state index in [1.807, 2.05) is 6.92 Å². The molecule has 0 spiro atoms. The first kappa shape index (κ1) is 11.5. The van der Waals surface area contributed by atoms with Gasteiger partial charge in [-0.3, -0.25) is 0 Å². The first-order valence-corrected chi connectivity index (χ1v) is 4.10. The fourth-order valence-corrected chi connectivity index (χ4v) is 0.611. The van der Waals surface area contributed by atoms with Crippen molar-refractivity contribution in [3.05, 3.63) is 12.3 Å². The Morgan fingerprint density at radius 3 is 2.42 bits per heavy atom.